The molecule has 1 aromatic carbocycles. The van der Waals surface area contributed by atoms with Crippen LogP contribution < -0.4 is 5.32 Å². The molecule has 102 valence electrons. The summed E-state index contributed by atoms with van der Waals surface area (Å²) in [5.74, 6) is -0.245. The van der Waals surface area contributed by atoms with Gasteiger partial charge in [-0.2, -0.15) is 0 Å². The monoisotopic (exact) mass is 280 g/mol. The van der Waals surface area contributed by atoms with Crippen molar-refractivity contribution in [2.75, 3.05) is 0 Å². The van der Waals surface area contributed by atoms with Crippen LogP contribution in [0.3, 0.4) is 0 Å². The summed E-state index contributed by atoms with van der Waals surface area (Å²) < 4.78 is 0. The highest BCUT2D eigenvalue weighted by atomic mass is 35.5. The lowest BCUT2D eigenvalue weighted by atomic mass is 10.2. The van der Waals surface area contributed by atoms with Crippen molar-refractivity contribution in [2.45, 2.75) is 38.9 Å². The van der Waals surface area contributed by atoms with E-state index in [4.69, 9.17) is 11.6 Å². The van der Waals surface area contributed by atoms with Gasteiger partial charge in [0.05, 0.1) is 12.5 Å². The lowest BCUT2D eigenvalue weighted by molar-refractivity contribution is -0.140. The molecular weight excluding hydrogens is 264 g/mol. The normalized spacial score (nSPS) is 19.6. The van der Waals surface area contributed by atoms with E-state index in [9.17, 15) is 9.59 Å². The third-order valence-electron chi connectivity index (χ3n) is 3.14. The van der Waals surface area contributed by atoms with Gasteiger partial charge in [-0.3, -0.25) is 14.5 Å². The zero-order valence-electron chi connectivity index (χ0n) is 11.0. The van der Waals surface area contributed by atoms with E-state index in [0.29, 0.717) is 11.6 Å². The zero-order chi connectivity index (χ0) is 14.0. The van der Waals surface area contributed by atoms with Gasteiger partial charge < -0.3 is 5.32 Å². The molecule has 0 aromatic heterocycles. The van der Waals surface area contributed by atoms with Gasteiger partial charge in [-0.1, -0.05) is 23.7 Å². The Bertz CT molecular complexity index is 502. The molecule has 0 radical (unpaired) electrons. The molecular formula is C14H17ClN2O2. The Morgan fingerprint density at radius 2 is 2.16 bits per heavy atom. The Kier molecular flexibility index (Phi) is 4.22. The predicted molar refractivity (Wildman–Crippen MR) is 73.7 cm³/mol. The van der Waals surface area contributed by atoms with Crippen LogP contribution in [0.4, 0.5) is 0 Å². The molecule has 1 atom stereocenters. The highest BCUT2D eigenvalue weighted by molar-refractivity contribution is 6.30. The first-order valence-electron chi connectivity index (χ1n) is 6.32. The van der Waals surface area contributed by atoms with Crippen LogP contribution in [0.5, 0.6) is 0 Å². The van der Waals surface area contributed by atoms with E-state index in [0.717, 1.165) is 5.56 Å². The number of carbonyl (C=O) groups excluding carboxylic acids is 2. The Morgan fingerprint density at radius 1 is 1.42 bits per heavy atom. The fourth-order valence-electron chi connectivity index (χ4n) is 2.24. The van der Waals surface area contributed by atoms with E-state index in [1.807, 2.05) is 32.0 Å². The van der Waals surface area contributed by atoms with Crippen LogP contribution in [0.1, 0.15) is 25.8 Å². The van der Waals surface area contributed by atoms with Gasteiger partial charge in [0.2, 0.25) is 11.8 Å². The summed E-state index contributed by atoms with van der Waals surface area (Å²) >= 11 is 5.90. The quantitative estimate of drug-likeness (QED) is 0.858. The van der Waals surface area contributed by atoms with Crippen LogP contribution in [0.2, 0.25) is 5.02 Å². The fourth-order valence-corrected chi connectivity index (χ4v) is 2.45. The standard InChI is InChI=1S/C14H17ClN2O2/c1-9(2)17-13(18)7-12(14(17)19)16-8-10-4-3-5-11(15)6-10/h3-6,9,12,16H,7-8H2,1-2H3. The number of likely N-dealkylation sites (tertiary alicyclic amines) is 1. The van der Waals surface area contributed by atoms with Gasteiger partial charge in [-0.25, -0.2) is 0 Å². The van der Waals surface area contributed by atoms with Crippen molar-refractivity contribution in [3.05, 3.63) is 34.9 Å². The van der Waals surface area contributed by atoms with Crippen LogP contribution >= 0.6 is 11.6 Å². The van der Waals surface area contributed by atoms with Crippen LogP contribution in [-0.4, -0.2) is 28.8 Å². The highest BCUT2D eigenvalue weighted by Crippen LogP contribution is 2.17. The summed E-state index contributed by atoms with van der Waals surface area (Å²) in [5, 5.41) is 3.78. The van der Waals surface area contributed by atoms with Gasteiger partial charge in [0.15, 0.2) is 0 Å². The van der Waals surface area contributed by atoms with Gasteiger partial charge in [-0.15, -0.1) is 0 Å². The molecule has 1 aromatic rings. The van der Waals surface area contributed by atoms with Crippen molar-refractivity contribution in [1.29, 1.82) is 0 Å². The Labute approximate surface area is 117 Å². The summed E-state index contributed by atoms with van der Waals surface area (Å²) in [4.78, 5) is 25.1. The number of amides is 2. The van der Waals surface area contributed by atoms with Crippen molar-refractivity contribution < 1.29 is 9.59 Å². The molecule has 0 bridgehead atoms. The molecule has 1 N–H and O–H groups in total. The first kappa shape index (κ1) is 14.0. The molecule has 2 rings (SSSR count). The first-order chi connectivity index (χ1) is 8.99. The summed E-state index contributed by atoms with van der Waals surface area (Å²) in [6.45, 7) is 4.21. The fraction of sp³-hybridized carbons (Fsp3) is 0.429. The van der Waals surface area contributed by atoms with Crippen LogP contribution in [-0.2, 0) is 16.1 Å². The number of carbonyl (C=O) groups is 2. The second-order valence-corrected chi connectivity index (χ2v) is 5.40. The van der Waals surface area contributed by atoms with Gasteiger partial charge >= 0.3 is 0 Å². The van der Waals surface area contributed by atoms with Crippen LogP contribution in [0, 0.1) is 0 Å². The van der Waals surface area contributed by atoms with Crippen molar-refractivity contribution in [2.24, 2.45) is 0 Å². The average molecular weight is 281 g/mol. The van der Waals surface area contributed by atoms with Crippen molar-refractivity contribution in [1.82, 2.24) is 10.2 Å². The Morgan fingerprint density at radius 3 is 2.74 bits per heavy atom. The maximum Gasteiger partial charge on any atom is 0.247 e. The number of nitrogens with zero attached hydrogens (tertiary/aromatic N) is 1. The number of rotatable bonds is 4. The van der Waals surface area contributed by atoms with Crippen LogP contribution in [0.25, 0.3) is 0 Å². The number of imide groups is 1. The minimum Gasteiger partial charge on any atom is -0.301 e. The van der Waals surface area contributed by atoms with Gasteiger partial charge in [0.25, 0.3) is 0 Å². The van der Waals surface area contributed by atoms with E-state index in [1.54, 1.807) is 6.07 Å². The second kappa shape index (κ2) is 5.72. The molecule has 1 unspecified atom stereocenters. The minimum atomic E-state index is -0.422. The van der Waals surface area contributed by atoms with Crippen molar-refractivity contribution >= 4 is 23.4 Å². The molecule has 5 heteroatoms. The molecule has 0 spiro atoms. The lowest BCUT2D eigenvalue weighted by Crippen LogP contribution is -2.41. The molecule has 1 heterocycles. The number of nitrogens with one attached hydrogen (secondary N) is 1. The molecule has 1 saturated heterocycles. The van der Waals surface area contributed by atoms with E-state index >= 15 is 0 Å². The number of hydrogen-bond donors (Lipinski definition) is 1. The van der Waals surface area contributed by atoms with Gasteiger partial charge in [-0.05, 0) is 31.5 Å². The lowest BCUT2D eigenvalue weighted by Gasteiger charge is -2.19. The number of halogens is 1. The summed E-state index contributed by atoms with van der Waals surface area (Å²) in [6, 6.07) is 6.93. The molecule has 1 fully saturated rings. The van der Waals surface area contributed by atoms with Crippen molar-refractivity contribution in [3.8, 4) is 0 Å². The summed E-state index contributed by atoms with van der Waals surface area (Å²) in [5.41, 5.74) is 0.996. The first-order valence-corrected chi connectivity index (χ1v) is 6.70. The SMILES string of the molecule is CC(C)N1C(=O)CC(NCc2cccc(Cl)c2)C1=O. The third kappa shape index (κ3) is 3.14. The van der Waals surface area contributed by atoms with Gasteiger partial charge in [0.1, 0.15) is 0 Å². The molecule has 4 nitrogen and oxygen atoms in total. The Hall–Kier alpha value is -1.39. The van der Waals surface area contributed by atoms with Gasteiger partial charge in [0, 0.05) is 17.6 Å². The van der Waals surface area contributed by atoms with E-state index < -0.39 is 6.04 Å². The molecule has 1 aliphatic rings. The summed E-state index contributed by atoms with van der Waals surface area (Å²) in [7, 11) is 0. The second-order valence-electron chi connectivity index (χ2n) is 4.96. The van der Waals surface area contributed by atoms with E-state index in [1.165, 1.54) is 4.90 Å². The molecule has 1 aliphatic heterocycles. The number of benzene rings is 1. The smallest absolute Gasteiger partial charge is 0.247 e. The zero-order valence-corrected chi connectivity index (χ0v) is 11.8. The molecule has 0 saturated carbocycles. The third-order valence-corrected chi connectivity index (χ3v) is 3.38. The maximum atomic E-state index is 12.1. The molecule has 0 aliphatic carbocycles. The Balaban J connectivity index is 1.98. The van der Waals surface area contributed by atoms with E-state index in [-0.39, 0.29) is 24.3 Å². The minimum absolute atomic E-state index is 0.0852. The van der Waals surface area contributed by atoms with Crippen molar-refractivity contribution in [3.63, 3.8) is 0 Å². The predicted octanol–water partition coefficient (Wildman–Crippen LogP) is 1.97. The van der Waals surface area contributed by atoms with Crippen LogP contribution in [0.15, 0.2) is 24.3 Å². The number of hydrogen-bond acceptors (Lipinski definition) is 3. The van der Waals surface area contributed by atoms with E-state index in [2.05, 4.69) is 5.32 Å². The summed E-state index contributed by atoms with van der Waals surface area (Å²) in [6.07, 6.45) is 0.234. The average Bonchev–Trinajstić information content (AvgIpc) is 2.62. The molecule has 19 heavy (non-hydrogen) atoms. The highest BCUT2D eigenvalue weighted by Gasteiger charge is 2.39. The topological polar surface area (TPSA) is 49.4 Å². The maximum absolute atomic E-state index is 12.1. The largest absolute Gasteiger partial charge is 0.301 e. The molecule has 2 amide bonds.